The van der Waals surface area contributed by atoms with Crippen molar-refractivity contribution in [3.05, 3.63) is 34.9 Å². The molecule has 0 radical (unpaired) electrons. The molecule has 2 fully saturated rings. The lowest BCUT2D eigenvalue weighted by Gasteiger charge is -2.49. The SMILES string of the molecule is C/C=C(/C)C(=O)O[C@H]1C(C)=CC23C(=O)[C@@H](C=C(CO)[C@@H](O)[C@]12O)[C@@H]1C(C)(C)[C@]1(OC(=O)CCCCCCCCCCC)CC3C. The van der Waals surface area contributed by atoms with Crippen LogP contribution in [-0.2, 0) is 23.9 Å². The summed E-state index contributed by atoms with van der Waals surface area (Å²) in [6, 6.07) is 0. The zero-order valence-corrected chi connectivity index (χ0v) is 28.5. The van der Waals surface area contributed by atoms with Gasteiger partial charge < -0.3 is 24.8 Å². The number of fused-ring (bicyclic) bond motifs is 3. The highest BCUT2D eigenvalue weighted by Gasteiger charge is 2.83. The molecule has 8 atom stereocenters. The number of rotatable bonds is 14. The van der Waals surface area contributed by atoms with Crippen molar-refractivity contribution in [1.29, 1.82) is 0 Å². The Hall–Kier alpha value is -2.29. The van der Waals surface area contributed by atoms with Gasteiger partial charge in [-0.1, -0.05) is 97.3 Å². The first-order valence-electron chi connectivity index (χ1n) is 17.2. The van der Waals surface area contributed by atoms with Crippen LogP contribution in [0.4, 0.5) is 0 Å². The number of ether oxygens (including phenoxy) is 2. The molecule has 2 bridgehead atoms. The fourth-order valence-corrected chi connectivity index (χ4v) is 9.05. The predicted molar refractivity (Wildman–Crippen MR) is 172 cm³/mol. The minimum atomic E-state index is -2.26. The topological polar surface area (TPSA) is 130 Å². The van der Waals surface area contributed by atoms with E-state index < -0.39 is 64.6 Å². The van der Waals surface area contributed by atoms with Crippen LogP contribution in [0.25, 0.3) is 0 Å². The molecule has 2 saturated carbocycles. The first kappa shape index (κ1) is 35.6. The number of hydrogen-bond acceptors (Lipinski definition) is 8. The van der Waals surface area contributed by atoms with Crippen molar-refractivity contribution in [3.8, 4) is 0 Å². The molecule has 0 aromatic heterocycles. The van der Waals surface area contributed by atoms with E-state index in [1.54, 1.807) is 39.0 Å². The molecule has 2 unspecified atom stereocenters. The van der Waals surface area contributed by atoms with Crippen molar-refractivity contribution < 1.29 is 39.2 Å². The minimum absolute atomic E-state index is 0.0938. The molecule has 252 valence electrons. The Kier molecular flexibility index (Phi) is 10.6. The predicted octanol–water partition coefficient (Wildman–Crippen LogP) is 5.92. The maximum Gasteiger partial charge on any atom is 0.334 e. The summed E-state index contributed by atoms with van der Waals surface area (Å²) in [4.78, 5) is 41.1. The number of unbranched alkanes of at least 4 members (excludes halogenated alkanes) is 8. The summed E-state index contributed by atoms with van der Waals surface area (Å²) < 4.78 is 12.2. The van der Waals surface area contributed by atoms with E-state index in [0.29, 0.717) is 24.0 Å². The van der Waals surface area contributed by atoms with Crippen LogP contribution in [-0.4, -0.2) is 63.1 Å². The van der Waals surface area contributed by atoms with E-state index in [9.17, 15) is 29.7 Å². The zero-order valence-electron chi connectivity index (χ0n) is 28.5. The normalized spacial score (nSPS) is 36.6. The van der Waals surface area contributed by atoms with Crippen molar-refractivity contribution in [2.24, 2.45) is 28.6 Å². The van der Waals surface area contributed by atoms with Crippen LogP contribution < -0.4 is 0 Å². The van der Waals surface area contributed by atoms with Crippen molar-refractivity contribution in [1.82, 2.24) is 0 Å². The summed E-state index contributed by atoms with van der Waals surface area (Å²) in [5.41, 5.74) is -4.52. The highest BCUT2D eigenvalue weighted by Crippen LogP contribution is 2.75. The fraction of sp³-hybridized carbons (Fsp3) is 0.757. The van der Waals surface area contributed by atoms with Crippen LogP contribution in [0.1, 0.15) is 119 Å². The second kappa shape index (κ2) is 13.4. The molecule has 3 N–H and O–H groups in total. The standard InChI is InChI=1S/C37H56O8/c1-8-10-11-12-13-14-15-16-17-18-28(39)45-36-21-25(5)35-20-24(4)32(44-33(42)23(3)9-2)37(35,43)30(40)26(22-38)19-27(31(35)41)29(36)34(36,6)7/h9,19-20,25,27,29-30,32,38,40,43H,8,10-18,21-22H2,1-7H3/b23-9-/t25?,27-,29+,30+,32-,35?,36-,37-/m0/s1. The molecule has 8 nitrogen and oxygen atoms in total. The molecule has 4 aliphatic carbocycles. The largest absolute Gasteiger partial charge is 0.458 e. The van der Waals surface area contributed by atoms with Gasteiger partial charge in [-0.05, 0) is 50.7 Å². The molecule has 0 amide bonds. The molecule has 45 heavy (non-hydrogen) atoms. The van der Waals surface area contributed by atoms with Crippen molar-refractivity contribution in [3.63, 3.8) is 0 Å². The molecule has 0 aromatic carbocycles. The number of allylic oxidation sites excluding steroid dienone is 2. The quantitative estimate of drug-likeness (QED) is 0.0936. The van der Waals surface area contributed by atoms with Crippen LogP contribution in [0.3, 0.4) is 0 Å². The summed E-state index contributed by atoms with van der Waals surface area (Å²) in [6.07, 6.45) is 12.7. The third-order valence-corrected chi connectivity index (χ3v) is 11.8. The Morgan fingerprint density at radius 2 is 1.67 bits per heavy atom. The van der Waals surface area contributed by atoms with E-state index in [4.69, 9.17) is 9.47 Å². The van der Waals surface area contributed by atoms with Crippen LogP contribution >= 0.6 is 0 Å². The molecule has 4 aliphatic rings. The minimum Gasteiger partial charge on any atom is -0.458 e. The second-order valence-corrected chi connectivity index (χ2v) is 14.8. The van der Waals surface area contributed by atoms with Crippen LogP contribution in [0, 0.1) is 28.6 Å². The van der Waals surface area contributed by atoms with Gasteiger partial charge in [0.25, 0.3) is 0 Å². The summed E-state index contributed by atoms with van der Waals surface area (Å²) in [5.74, 6) is -3.08. The van der Waals surface area contributed by atoms with Crippen LogP contribution in [0.5, 0.6) is 0 Å². The Bertz CT molecular complexity index is 1240. The van der Waals surface area contributed by atoms with Gasteiger partial charge in [-0.3, -0.25) is 9.59 Å². The van der Waals surface area contributed by atoms with Gasteiger partial charge in [-0.2, -0.15) is 0 Å². The van der Waals surface area contributed by atoms with E-state index in [0.717, 1.165) is 19.3 Å². The lowest BCUT2D eigenvalue weighted by molar-refractivity contribution is -0.203. The molecule has 0 aliphatic heterocycles. The first-order chi connectivity index (χ1) is 21.2. The molecule has 8 heteroatoms. The van der Waals surface area contributed by atoms with Gasteiger partial charge >= 0.3 is 11.9 Å². The number of ketones is 1. The molecule has 1 spiro atoms. The lowest BCUT2D eigenvalue weighted by Crippen LogP contribution is -2.66. The smallest absolute Gasteiger partial charge is 0.334 e. The van der Waals surface area contributed by atoms with Gasteiger partial charge in [-0.15, -0.1) is 0 Å². The molecular formula is C37H56O8. The number of carbonyl (C=O) groups excluding carboxylic acids is 3. The molecule has 4 rings (SSSR count). The Labute approximate surface area is 269 Å². The Morgan fingerprint density at radius 1 is 1.07 bits per heavy atom. The maximum atomic E-state index is 14.8. The van der Waals surface area contributed by atoms with Gasteiger partial charge in [0.1, 0.15) is 11.7 Å². The van der Waals surface area contributed by atoms with Gasteiger partial charge in [0.2, 0.25) is 0 Å². The number of aliphatic hydroxyl groups excluding tert-OH is 2. The molecular weight excluding hydrogens is 572 g/mol. The molecule has 0 heterocycles. The Morgan fingerprint density at radius 3 is 2.24 bits per heavy atom. The van der Waals surface area contributed by atoms with Crippen molar-refractivity contribution >= 4 is 17.7 Å². The Balaban J connectivity index is 1.60. The van der Waals surface area contributed by atoms with Crippen molar-refractivity contribution in [2.75, 3.05) is 6.61 Å². The number of aliphatic hydroxyl groups is 3. The van der Waals surface area contributed by atoms with Gasteiger partial charge in [0, 0.05) is 29.2 Å². The fourth-order valence-electron chi connectivity index (χ4n) is 9.05. The van der Waals surface area contributed by atoms with Crippen LogP contribution in [0.15, 0.2) is 34.9 Å². The summed E-state index contributed by atoms with van der Waals surface area (Å²) in [5, 5.41) is 34.8. The highest BCUT2D eigenvalue weighted by atomic mass is 16.6. The van der Waals surface area contributed by atoms with E-state index in [-0.39, 0.29) is 17.3 Å². The molecule has 0 saturated heterocycles. The zero-order chi connectivity index (χ0) is 33.4. The highest BCUT2D eigenvalue weighted by molar-refractivity contribution is 5.96. The number of hydrogen-bond donors (Lipinski definition) is 3. The average molecular weight is 629 g/mol. The van der Waals surface area contributed by atoms with Crippen molar-refractivity contribution in [2.45, 2.75) is 143 Å². The third kappa shape index (κ3) is 5.67. The average Bonchev–Trinajstić information content (AvgIpc) is 3.40. The van der Waals surface area contributed by atoms with Crippen LogP contribution in [0.2, 0.25) is 0 Å². The number of carbonyl (C=O) groups is 3. The van der Waals surface area contributed by atoms with Gasteiger partial charge in [-0.25, -0.2) is 4.79 Å². The van der Waals surface area contributed by atoms with E-state index in [1.165, 1.54) is 38.5 Å². The first-order valence-corrected chi connectivity index (χ1v) is 17.2. The summed E-state index contributed by atoms with van der Waals surface area (Å²) in [7, 11) is 0. The second-order valence-electron chi connectivity index (χ2n) is 14.8. The van der Waals surface area contributed by atoms with E-state index in [1.807, 2.05) is 20.8 Å². The van der Waals surface area contributed by atoms with E-state index in [2.05, 4.69) is 6.92 Å². The van der Waals surface area contributed by atoms with E-state index >= 15 is 0 Å². The lowest BCUT2D eigenvalue weighted by atomic mass is 9.59. The summed E-state index contributed by atoms with van der Waals surface area (Å²) in [6.45, 7) is 12.4. The number of esters is 2. The maximum absolute atomic E-state index is 14.8. The third-order valence-electron chi connectivity index (χ3n) is 11.8. The van der Waals surface area contributed by atoms with Gasteiger partial charge in [0.15, 0.2) is 17.5 Å². The monoisotopic (exact) mass is 628 g/mol. The summed E-state index contributed by atoms with van der Waals surface area (Å²) >= 11 is 0. The van der Waals surface area contributed by atoms with Gasteiger partial charge in [0.05, 0.1) is 12.0 Å². The molecule has 0 aromatic rings. The number of Topliss-reactive ketones (excluding diaryl/α,β-unsaturated/α-hetero) is 1.